The molecule has 3 rings (SSSR count). The first-order valence-electron chi connectivity index (χ1n) is 8.76. The molecule has 1 heterocycles. The average molecular weight is 365 g/mol. The van der Waals surface area contributed by atoms with E-state index in [1.54, 1.807) is 25.6 Å². The van der Waals surface area contributed by atoms with Crippen LogP contribution in [0.2, 0.25) is 0 Å². The van der Waals surface area contributed by atoms with Crippen LogP contribution in [-0.2, 0) is 11.8 Å². The van der Waals surface area contributed by atoms with Crippen LogP contribution in [-0.4, -0.2) is 21.4 Å². The molecule has 3 aromatic rings. The molecule has 0 saturated carbocycles. The van der Waals surface area contributed by atoms with E-state index in [0.717, 1.165) is 11.3 Å². The van der Waals surface area contributed by atoms with E-state index < -0.39 is 6.10 Å². The van der Waals surface area contributed by atoms with Crippen LogP contribution in [0.3, 0.4) is 0 Å². The number of nitrogens with one attached hydrogen (secondary N) is 1. The number of ether oxygens (including phenoxy) is 1. The first-order chi connectivity index (χ1) is 12.9. The molecule has 1 amide bonds. The number of amides is 1. The zero-order valence-corrected chi connectivity index (χ0v) is 15.9. The summed E-state index contributed by atoms with van der Waals surface area (Å²) in [5.74, 6) is 0.233. The van der Waals surface area contributed by atoms with Crippen molar-refractivity contribution in [1.82, 2.24) is 9.36 Å². The predicted molar refractivity (Wildman–Crippen MR) is 106 cm³/mol. The van der Waals surface area contributed by atoms with E-state index in [9.17, 15) is 9.59 Å². The van der Waals surface area contributed by atoms with Crippen molar-refractivity contribution in [2.45, 2.75) is 26.9 Å². The third-order valence-electron chi connectivity index (χ3n) is 4.51. The maximum atomic E-state index is 12.9. The zero-order valence-electron chi connectivity index (χ0n) is 15.9. The van der Waals surface area contributed by atoms with E-state index in [-0.39, 0.29) is 17.2 Å². The molecule has 0 bridgehead atoms. The standard InChI is InChI=1S/C21H23N3O3/c1-14-10-12-18(13-11-14)27-16(3)20(25)22-19-15(2)23(4)24(21(19)26)17-8-6-5-7-9-17/h5-13,16H,1-4H3,(H,22,25). The fraction of sp³-hybridized carbons (Fsp3) is 0.238. The minimum Gasteiger partial charge on any atom is -0.481 e. The molecule has 1 N–H and O–H groups in total. The Morgan fingerprint density at radius 1 is 1.04 bits per heavy atom. The van der Waals surface area contributed by atoms with Crippen molar-refractivity contribution >= 4 is 11.6 Å². The Balaban J connectivity index is 1.82. The number of aryl methyl sites for hydroxylation is 1. The molecule has 1 unspecified atom stereocenters. The van der Waals surface area contributed by atoms with Gasteiger partial charge in [0.25, 0.3) is 11.5 Å². The van der Waals surface area contributed by atoms with Crippen LogP contribution in [0.25, 0.3) is 5.69 Å². The summed E-state index contributed by atoms with van der Waals surface area (Å²) in [6.07, 6.45) is -0.739. The molecule has 6 nitrogen and oxygen atoms in total. The lowest BCUT2D eigenvalue weighted by Gasteiger charge is -2.14. The van der Waals surface area contributed by atoms with Gasteiger partial charge < -0.3 is 10.1 Å². The smallest absolute Gasteiger partial charge is 0.295 e. The highest BCUT2D eigenvalue weighted by Crippen LogP contribution is 2.16. The van der Waals surface area contributed by atoms with Crippen molar-refractivity contribution in [3.8, 4) is 11.4 Å². The minimum absolute atomic E-state index is 0.255. The van der Waals surface area contributed by atoms with E-state index in [0.29, 0.717) is 11.4 Å². The lowest BCUT2D eigenvalue weighted by Crippen LogP contribution is -2.32. The summed E-state index contributed by atoms with van der Waals surface area (Å²) in [5.41, 5.74) is 2.49. The van der Waals surface area contributed by atoms with Gasteiger partial charge in [-0.25, -0.2) is 4.68 Å². The Kier molecular flexibility index (Phi) is 5.16. The summed E-state index contributed by atoms with van der Waals surface area (Å²) in [7, 11) is 1.78. The maximum absolute atomic E-state index is 12.9. The van der Waals surface area contributed by atoms with E-state index in [1.807, 2.05) is 61.5 Å². The molecule has 0 aliphatic heterocycles. The molecular formula is C21H23N3O3. The average Bonchev–Trinajstić information content (AvgIpc) is 2.87. The monoisotopic (exact) mass is 365 g/mol. The summed E-state index contributed by atoms with van der Waals surface area (Å²) >= 11 is 0. The van der Waals surface area contributed by atoms with Gasteiger partial charge in [0.05, 0.1) is 11.4 Å². The molecule has 1 atom stereocenters. The summed E-state index contributed by atoms with van der Waals surface area (Å²) < 4.78 is 8.92. The Bertz CT molecular complexity index is 1000. The van der Waals surface area contributed by atoms with Crippen LogP contribution in [0.1, 0.15) is 18.2 Å². The van der Waals surface area contributed by atoms with Gasteiger partial charge in [0.2, 0.25) is 0 Å². The number of rotatable bonds is 5. The third-order valence-corrected chi connectivity index (χ3v) is 4.51. The molecule has 0 radical (unpaired) electrons. The number of para-hydroxylation sites is 1. The van der Waals surface area contributed by atoms with Crippen LogP contribution >= 0.6 is 0 Å². The van der Waals surface area contributed by atoms with E-state index in [4.69, 9.17) is 4.74 Å². The third kappa shape index (κ3) is 3.79. The number of nitrogens with zero attached hydrogens (tertiary/aromatic N) is 2. The number of hydrogen-bond acceptors (Lipinski definition) is 3. The Morgan fingerprint density at radius 3 is 2.30 bits per heavy atom. The van der Waals surface area contributed by atoms with Gasteiger partial charge in [0.1, 0.15) is 11.4 Å². The van der Waals surface area contributed by atoms with Gasteiger partial charge in [-0.3, -0.25) is 14.3 Å². The van der Waals surface area contributed by atoms with E-state index in [1.165, 1.54) is 4.68 Å². The Labute approximate surface area is 158 Å². The molecule has 1 aromatic heterocycles. The molecule has 2 aromatic carbocycles. The van der Waals surface area contributed by atoms with E-state index in [2.05, 4.69) is 5.32 Å². The molecule has 0 saturated heterocycles. The first-order valence-corrected chi connectivity index (χ1v) is 8.76. The number of benzene rings is 2. The lowest BCUT2D eigenvalue weighted by molar-refractivity contribution is -0.122. The second kappa shape index (κ2) is 7.53. The highest BCUT2D eigenvalue weighted by Gasteiger charge is 2.21. The highest BCUT2D eigenvalue weighted by atomic mass is 16.5. The van der Waals surface area contributed by atoms with Gasteiger partial charge in [-0.2, -0.15) is 0 Å². The van der Waals surface area contributed by atoms with Gasteiger partial charge in [-0.05, 0) is 45.0 Å². The highest BCUT2D eigenvalue weighted by molar-refractivity contribution is 5.94. The number of anilines is 1. The molecule has 6 heteroatoms. The van der Waals surface area contributed by atoms with Crippen molar-refractivity contribution in [3.63, 3.8) is 0 Å². The van der Waals surface area contributed by atoms with Crippen molar-refractivity contribution in [1.29, 1.82) is 0 Å². The van der Waals surface area contributed by atoms with Gasteiger partial charge in [-0.1, -0.05) is 35.9 Å². The molecule has 0 aliphatic carbocycles. The maximum Gasteiger partial charge on any atom is 0.295 e. The quantitative estimate of drug-likeness (QED) is 0.755. The van der Waals surface area contributed by atoms with Crippen molar-refractivity contribution in [3.05, 3.63) is 76.2 Å². The molecular weight excluding hydrogens is 342 g/mol. The fourth-order valence-electron chi connectivity index (χ4n) is 2.81. The Morgan fingerprint density at radius 2 is 1.67 bits per heavy atom. The first kappa shape index (κ1) is 18.5. The second-order valence-corrected chi connectivity index (χ2v) is 6.50. The van der Waals surface area contributed by atoms with Crippen LogP contribution in [0.4, 0.5) is 5.69 Å². The predicted octanol–water partition coefficient (Wildman–Crippen LogP) is 3.20. The number of carbonyl (C=O) groups is 1. The van der Waals surface area contributed by atoms with Gasteiger partial charge in [0.15, 0.2) is 6.10 Å². The van der Waals surface area contributed by atoms with Crippen molar-refractivity contribution in [2.75, 3.05) is 5.32 Å². The van der Waals surface area contributed by atoms with Gasteiger partial charge in [0, 0.05) is 7.05 Å². The van der Waals surface area contributed by atoms with Crippen LogP contribution in [0.15, 0.2) is 59.4 Å². The van der Waals surface area contributed by atoms with E-state index >= 15 is 0 Å². The minimum atomic E-state index is -0.739. The zero-order chi connectivity index (χ0) is 19.6. The number of hydrogen-bond donors (Lipinski definition) is 1. The van der Waals surface area contributed by atoms with Crippen molar-refractivity contribution < 1.29 is 9.53 Å². The SMILES string of the molecule is Cc1ccc(OC(C)C(=O)Nc2c(C)n(C)n(-c3ccccc3)c2=O)cc1. The summed E-state index contributed by atoms with van der Waals surface area (Å²) in [5, 5.41) is 2.72. The summed E-state index contributed by atoms with van der Waals surface area (Å²) in [6, 6.07) is 16.8. The number of carbonyl (C=O) groups excluding carboxylic acids is 1. The topological polar surface area (TPSA) is 65.3 Å². The second-order valence-electron chi connectivity index (χ2n) is 6.50. The lowest BCUT2D eigenvalue weighted by atomic mass is 10.2. The van der Waals surface area contributed by atoms with Crippen LogP contribution < -0.4 is 15.6 Å². The molecule has 140 valence electrons. The molecule has 27 heavy (non-hydrogen) atoms. The Hall–Kier alpha value is -3.28. The normalized spacial score (nSPS) is 11.9. The summed E-state index contributed by atoms with van der Waals surface area (Å²) in [6.45, 7) is 5.43. The molecule has 0 fully saturated rings. The number of aromatic nitrogens is 2. The molecule has 0 spiro atoms. The molecule has 0 aliphatic rings. The summed E-state index contributed by atoms with van der Waals surface area (Å²) in [4.78, 5) is 25.4. The largest absolute Gasteiger partial charge is 0.481 e. The van der Waals surface area contributed by atoms with Gasteiger partial charge in [-0.15, -0.1) is 0 Å². The van der Waals surface area contributed by atoms with Gasteiger partial charge >= 0.3 is 0 Å². The fourth-order valence-corrected chi connectivity index (χ4v) is 2.81. The van der Waals surface area contributed by atoms with Crippen LogP contribution in [0, 0.1) is 13.8 Å². The van der Waals surface area contributed by atoms with Crippen LogP contribution in [0.5, 0.6) is 5.75 Å². The van der Waals surface area contributed by atoms with Crippen molar-refractivity contribution in [2.24, 2.45) is 7.05 Å².